The molecule has 0 amide bonds. The molecule has 53 heavy (non-hydrogen) atoms. The highest BCUT2D eigenvalue weighted by Gasteiger charge is 2.53. The molecule has 5 nitrogen and oxygen atoms in total. The highest BCUT2D eigenvalue weighted by atomic mass is 28.5. The van der Waals surface area contributed by atoms with Gasteiger partial charge in [0.05, 0.1) is 0 Å². The summed E-state index contributed by atoms with van der Waals surface area (Å²) in [7, 11) is -15.5. The highest BCUT2D eigenvalue weighted by Crippen LogP contribution is 2.32. The Kier molecular flexibility index (Phi) is 14.7. The molecule has 12 heteroatoms. The van der Waals surface area contributed by atoms with Gasteiger partial charge >= 0.3 is 17.1 Å². The van der Waals surface area contributed by atoms with Crippen LogP contribution in [0.4, 0.5) is 0 Å². The van der Waals surface area contributed by atoms with E-state index in [2.05, 4.69) is 193 Å². The Morgan fingerprint density at radius 2 is 0.642 bits per heavy atom. The van der Waals surface area contributed by atoms with E-state index in [1.54, 1.807) is 0 Å². The van der Waals surface area contributed by atoms with Gasteiger partial charge in [-0.2, -0.15) is 0 Å². The molecule has 0 radical (unpaired) electrons. The summed E-state index contributed by atoms with van der Waals surface area (Å²) in [5, 5.41) is 4.63. The summed E-state index contributed by atoms with van der Waals surface area (Å²) in [6, 6.07) is 46.9. The summed E-state index contributed by atoms with van der Waals surface area (Å²) in [6.07, 6.45) is 0. The van der Waals surface area contributed by atoms with Gasteiger partial charge in [-0.1, -0.05) is 127 Å². The molecule has 0 aromatic heterocycles. The second-order valence-electron chi connectivity index (χ2n) is 17.2. The zero-order valence-electron chi connectivity index (χ0n) is 34.2. The van der Waals surface area contributed by atoms with E-state index in [4.69, 9.17) is 20.9 Å². The van der Waals surface area contributed by atoms with E-state index in [9.17, 15) is 0 Å². The normalized spacial score (nSPS) is 13.6. The van der Waals surface area contributed by atoms with Gasteiger partial charge in [0.25, 0.3) is 0 Å². The smallest absolute Gasteiger partial charge is 0.386 e. The minimum absolute atomic E-state index is 0.947. The number of hydrogen-bond donors (Lipinski definition) is 0. The number of rotatable bonds is 20. The Hall–Kier alpha value is -2.06. The van der Waals surface area contributed by atoms with Gasteiger partial charge in [0.2, 0.25) is 8.32 Å². The van der Waals surface area contributed by atoms with Crippen LogP contribution >= 0.6 is 0 Å². The van der Waals surface area contributed by atoms with Crippen LogP contribution in [0.3, 0.4) is 0 Å². The van der Waals surface area contributed by atoms with Crippen molar-refractivity contribution in [1.82, 2.24) is 0 Å². The van der Waals surface area contributed by atoms with E-state index in [-0.39, 0.29) is 0 Å². The first-order chi connectivity index (χ1) is 24.8. The summed E-state index contributed by atoms with van der Waals surface area (Å²) in [6.45, 7) is 27.5. The summed E-state index contributed by atoms with van der Waals surface area (Å²) < 4.78 is 36.5. The number of benzene rings is 4. The van der Waals surface area contributed by atoms with E-state index in [0.29, 0.717) is 0 Å². The fourth-order valence-electron chi connectivity index (χ4n) is 6.52. The Morgan fingerprint density at radius 1 is 0.396 bits per heavy atom. The van der Waals surface area contributed by atoms with Gasteiger partial charge in [-0.05, 0) is 110 Å². The summed E-state index contributed by atoms with van der Waals surface area (Å²) in [5.41, 5.74) is 2.03. The van der Waals surface area contributed by atoms with Crippen molar-refractivity contribution in [3.63, 3.8) is 0 Å². The topological polar surface area (TPSA) is 46.2 Å². The molecule has 0 saturated heterocycles. The number of hydrogen-bond acceptors (Lipinski definition) is 5. The van der Waals surface area contributed by atoms with Crippen molar-refractivity contribution in [2.45, 2.75) is 89.6 Å². The van der Waals surface area contributed by atoms with Crippen LogP contribution in [-0.2, 0) is 20.9 Å². The molecule has 4 rings (SSSR count). The average molecular weight is 834 g/mol. The van der Waals surface area contributed by atoms with Gasteiger partial charge in [0, 0.05) is 7.11 Å². The van der Waals surface area contributed by atoms with Gasteiger partial charge < -0.3 is 20.9 Å². The zero-order valence-corrected chi connectivity index (χ0v) is 41.2. The first kappa shape index (κ1) is 43.7. The Labute approximate surface area is 328 Å². The molecule has 0 unspecified atom stereocenters. The van der Waals surface area contributed by atoms with Crippen LogP contribution in [0.25, 0.3) is 0 Å². The van der Waals surface area contributed by atoms with E-state index in [1.807, 2.05) is 12.8 Å². The molecule has 0 heterocycles. The third kappa shape index (κ3) is 12.0. The molecular formula is C41H64O5Si7. The van der Waals surface area contributed by atoms with E-state index >= 15 is 0 Å². The van der Waals surface area contributed by atoms with Crippen molar-refractivity contribution in [2.24, 2.45) is 0 Å². The quantitative estimate of drug-likeness (QED) is 0.0833. The van der Waals surface area contributed by atoms with Crippen molar-refractivity contribution < 1.29 is 20.9 Å². The van der Waals surface area contributed by atoms with E-state index in [0.717, 1.165) is 34.5 Å². The molecule has 4 aromatic carbocycles. The van der Waals surface area contributed by atoms with Gasteiger partial charge in [-0.25, -0.2) is 0 Å². The predicted molar refractivity (Wildman–Crippen MR) is 244 cm³/mol. The zero-order chi connectivity index (χ0) is 39.0. The maximum atomic E-state index is 7.80. The monoisotopic (exact) mass is 832 g/mol. The van der Waals surface area contributed by atoms with Crippen LogP contribution in [0.5, 0.6) is 0 Å². The molecular weight excluding hydrogens is 769 g/mol. The molecule has 0 atom stereocenters. The lowest BCUT2D eigenvalue weighted by molar-refractivity contribution is 0.395. The van der Waals surface area contributed by atoms with Crippen LogP contribution < -0.4 is 20.7 Å². The van der Waals surface area contributed by atoms with Crippen molar-refractivity contribution in [1.29, 1.82) is 0 Å². The lowest BCUT2D eigenvalue weighted by Gasteiger charge is -2.45. The summed E-state index contributed by atoms with van der Waals surface area (Å²) in [5.74, 6) is 0. The Morgan fingerprint density at radius 3 is 0.887 bits per heavy atom. The van der Waals surface area contributed by atoms with Gasteiger partial charge in [-0.15, -0.1) is 6.58 Å². The molecule has 0 N–H and O–H groups in total. The lowest BCUT2D eigenvalue weighted by atomic mass is 10.4. The van der Waals surface area contributed by atoms with E-state index < -0.39 is 58.7 Å². The van der Waals surface area contributed by atoms with E-state index in [1.165, 1.54) is 10.4 Å². The maximum Gasteiger partial charge on any atom is 0.386 e. The largest absolute Gasteiger partial charge is 0.430 e. The van der Waals surface area contributed by atoms with Gasteiger partial charge in [0.1, 0.15) is 0 Å². The molecule has 0 saturated carbocycles. The first-order valence-electron chi connectivity index (χ1n) is 19.0. The second kappa shape index (κ2) is 17.8. The van der Waals surface area contributed by atoms with Crippen LogP contribution in [0.15, 0.2) is 134 Å². The van der Waals surface area contributed by atoms with Crippen molar-refractivity contribution >= 4 is 79.5 Å². The molecule has 0 spiro atoms. The highest BCUT2D eigenvalue weighted by molar-refractivity contribution is 7.04. The average Bonchev–Trinajstić information content (AvgIpc) is 3.14. The van der Waals surface area contributed by atoms with Crippen LogP contribution in [0.1, 0.15) is 0 Å². The molecule has 0 bridgehead atoms. The summed E-state index contributed by atoms with van der Waals surface area (Å²) >= 11 is 0. The third-order valence-electron chi connectivity index (χ3n) is 9.98. The third-order valence-corrected chi connectivity index (χ3v) is 36.6. The van der Waals surface area contributed by atoms with Crippen molar-refractivity contribution in [3.05, 3.63) is 134 Å². The molecule has 0 aliphatic rings. The van der Waals surface area contributed by atoms with Crippen molar-refractivity contribution in [2.75, 3.05) is 7.11 Å². The molecule has 0 aliphatic heterocycles. The summed E-state index contributed by atoms with van der Waals surface area (Å²) in [4.78, 5) is 0. The van der Waals surface area contributed by atoms with Gasteiger partial charge in [0.15, 0.2) is 33.3 Å². The minimum atomic E-state index is -3.16. The molecule has 286 valence electrons. The minimum Gasteiger partial charge on any atom is -0.430 e. The predicted octanol–water partition coefficient (Wildman–Crippen LogP) is 8.96. The molecule has 4 aromatic rings. The van der Waals surface area contributed by atoms with Crippen LogP contribution in [-0.4, -0.2) is 65.8 Å². The SMILES string of the molecule is C=C[Si](C)(C)O[Si](O[Si](C)(C)CC[Si](C)(C)O[Si](O[Si](C)(C)CC[Si](C)(C)OC)(c1ccccc1)c1ccccc1)(c1ccccc1)c1ccccc1. The standard InChI is InChI=1S/C41H64O5Si7/c1-13-47(3,4)43-52(38-26-18-14-19-27-38,39-28-20-15-21-29-39)44-50(9,10)36-37-51(11,12)46-53(40-30-22-16-23-31-40,41-32-24-17-25-33-41)45-49(7,8)35-34-48(5,6)42-2/h13-33H,1,34-37H2,2-12H3. The fourth-order valence-corrected chi connectivity index (χ4v) is 38.3. The lowest BCUT2D eigenvalue weighted by Crippen LogP contribution is -2.71. The fraction of sp³-hybridized carbons (Fsp3) is 0.366. The Balaban J connectivity index is 1.73. The van der Waals surface area contributed by atoms with Gasteiger partial charge in [-0.3, -0.25) is 0 Å². The van der Waals surface area contributed by atoms with Crippen LogP contribution in [0.2, 0.25) is 89.6 Å². The maximum absolute atomic E-state index is 7.80. The first-order valence-corrected chi connectivity index (χ1v) is 38.1. The Bertz CT molecular complexity index is 1640. The second-order valence-corrected chi connectivity index (χ2v) is 45.3. The molecule has 0 aliphatic carbocycles. The van der Waals surface area contributed by atoms with Crippen LogP contribution in [0, 0.1) is 0 Å². The van der Waals surface area contributed by atoms with Crippen molar-refractivity contribution in [3.8, 4) is 0 Å². The molecule has 0 fully saturated rings.